The maximum absolute atomic E-state index is 5.90. The van der Waals surface area contributed by atoms with Crippen molar-refractivity contribution >= 4 is 0 Å². The second-order valence-corrected chi connectivity index (χ2v) is 5.72. The van der Waals surface area contributed by atoms with Crippen molar-refractivity contribution in [1.29, 1.82) is 0 Å². The first-order valence-electron chi connectivity index (χ1n) is 7.96. The molecular weight excluding hydrogens is 264 g/mol. The zero-order valence-electron chi connectivity index (χ0n) is 13.3. The zero-order valence-corrected chi connectivity index (χ0v) is 13.3. The lowest BCUT2D eigenvalue weighted by atomic mass is 10.1. The zero-order chi connectivity index (χ0) is 15.1. The predicted octanol–water partition coefficient (Wildman–Crippen LogP) is 2.54. The van der Waals surface area contributed by atoms with Crippen LogP contribution in [-0.4, -0.2) is 37.8 Å². The molecule has 4 heteroatoms. The van der Waals surface area contributed by atoms with E-state index in [1.54, 1.807) is 7.11 Å². The van der Waals surface area contributed by atoms with Crippen LogP contribution in [0.15, 0.2) is 18.2 Å². The molecule has 0 aromatic heterocycles. The molecule has 1 aromatic rings. The van der Waals surface area contributed by atoms with Gasteiger partial charge in [0.25, 0.3) is 0 Å². The van der Waals surface area contributed by atoms with Crippen molar-refractivity contribution in [1.82, 2.24) is 4.90 Å². The minimum atomic E-state index is 0.393. The van der Waals surface area contributed by atoms with Gasteiger partial charge >= 0.3 is 0 Å². The Labute approximate surface area is 128 Å². The van der Waals surface area contributed by atoms with E-state index in [1.807, 2.05) is 0 Å². The van der Waals surface area contributed by atoms with Gasteiger partial charge in [-0.3, -0.25) is 4.90 Å². The van der Waals surface area contributed by atoms with Gasteiger partial charge < -0.3 is 15.2 Å². The van der Waals surface area contributed by atoms with Crippen LogP contribution in [0.2, 0.25) is 0 Å². The van der Waals surface area contributed by atoms with Gasteiger partial charge in [0.2, 0.25) is 0 Å². The summed E-state index contributed by atoms with van der Waals surface area (Å²) in [6, 6.07) is 6.34. The number of hydrogen-bond acceptors (Lipinski definition) is 4. The van der Waals surface area contributed by atoms with Crippen molar-refractivity contribution in [3.63, 3.8) is 0 Å². The van der Waals surface area contributed by atoms with Crippen molar-refractivity contribution in [3.05, 3.63) is 29.3 Å². The van der Waals surface area contributed by atoms with Gasteiger partial charge in [-0.2, -0.15) is 0 Å². The number of hydrogen-bond donors (Lipinski definition) is 1. The monoisotopic (exact) mass is 292 g/mol. The number of ether oxygens (including phenoxy) is 2. The standard InChI is InChI=1S/C17H28N2O2/c1-3-9-21-16-5-4-8-19(13-16)12-14-6-7-15(11-18)17(10-14)20-2/h6-7,10,16H,3-5,8-9,11-13,18H2,1-2H3. The van der Waals surface area contributed by atoms with Gasteiger partial charge in [0.1, 0.15) is 5.75 Å². The third-order valence-corrected chi connectivity index (χ3v) is 4.00. The van der Waals surface area contributed by atoms with E-state index in [0.29, 0.717) is 12.6 Å². The van der Waals surface area contributed by atoms with Gasteiger partial charge in [0.05, 0.1) is 13.2 Å². The average Bonchev–Trinajstić information content (AvgIpc) is 2.53. The summed E-state index contributed by atoms with van der Waals surface area (Å²) in [5.74, 6) is 0.894. The molecule has 1 atom stereocenters. The van der Waals surface area contributed by atoms with E-state index in [9.17, 15) is 0 Å². The van der Waals surface area contributed by atoms with Crippen LogP contribution in [0.4, 0.5) is 0 Å². The third kappa shape index (κ3) is 4.70. The summed E-state index contributed by atoms with van der Waals surface area (Å²) in [5, 5.41) is 0. The molecule has 1 aliphatic heterocycles. The van der Waals surface area contributed by atoms with Crippen LogP contribution in [0, 0.1) is 0 Å². The molecule has 0 amide bonds. The number of nitrogens with two attached hydrogens (primary N) is 1. The second kappa shape index (κ2) is 8.37. The van der Waals surface area contributed by atoms with E-state index in [-0.39, 0.29) is 0 Å². The van der Waals surface area contributed by atoms with E-state index in [4.69, 9.17) is 15.2 Å². The average molecular weight is 292 g/mol. The van der Waals surface area contributed by atoms with Crippen LogP contribution in [-0.2, 0) is 17.8 Å². The second-order valence-electron chi connectivity index (χ2n) is 5.72. The van der Waals surface area contributed by atoms with Crippen LogP contribution >= 0.6 is 0 Å². The lowest BCUT2D eigenvalue weighted by molar-refractivity contribution is -0.00223. The fraction of sp³-hybridized carbons (Fsp3) is 0.647. The largest absolute Gasteiger partial charge is 0.496 e. The molecule has 2 N–H and O–H groups in total. The van der Waals surface area contributed by atoms with Gasteiger partial charge in [-0.15, -0.1) is 0 Å². The van der Waals surface area contributed by atoms with Crippen molar-refractivity contribution in [2.75, 3.05) is 26.8 Å². The van der Waals surface area contributed by atoms with Crippen LogP contribution in [0.1, 0.15) is 37.3 Å². The Kier molecular flexibility index (Phi) is 6.49. The smallest absolute Gasteiger partial charge is 0.123 e. The van der Waals surface area contributed by atoms with Crippen molar-refractivity contribution in [2.24, 2.45) is 5.73 Å². The molecule has 1 aromatic carbocycles. The topological polar surface area (TPSA) is 47.7 Å². The first-order valence-corrected chi connectivity index (χ1v) is 7.96. The molecule has 2 rings (SSSR count). The Morgan fingerprint density at radius 2 is 2.24 bits per heavy atom. The minimum absolute atomic E-state index is 0.393. The van der Waals surface area contributed by atoms with Gasteiger partial charge in [0, 0.05) is 31.8 Å². The van der Waals surface area contributed by atoms with Gasteiger partial charge in [-0.25, -0.2) is 0 Å². The maximum Gasteiger partial charge on any atom is 0.123 e. The fourth-order valence-corrected chi connectivity index (χ4v) is 2.89. The molecule has 118 valence electrons. The highest BCUT2D eigenvalue weighted by Gasteiger charge is 2.20. The van der Waals surface area contributed by atoms with E-state index in [2.05, 4.69) is 30.0 Å². The van der Waals surface area contributed by atoms with E-state index >= 15 is 0 Å². The number of rotatable bonds is 7. The van der Waals surface area contributed by atoms with Crippen molar-refractivity contribution in [2.45, 2.75) is 45.4 Å². The highest BCUT2D eigenvalue weighted by Crippen LogP contribution is 2.22. The van der Waals surface area contributed by atoms with E-state index in [1.165, 1.54) is 18.4 Å². The summed E-state index contributed by atoms with van der Waals surface area (Å²) in [6.45, 7) is 6.67. The quantitative estimate of drug-likeness (QED) is 0.839. The molecule has 4 nitrogen and oxygen atoms in total. The Morgan fingerprint density at radius 1 is 1.38 bits per heavy atom. The van der Waals surface area contributed by atoms with Crippen molar-refractivity contribution < 1.29 is 9.47 Å². The van der Waals surface area contributed by atoms with Gasteiger partial charge in [0.15, 0.2) is 0 Å². The summed E-state index contributed by atoms with van der Waals surface area (Å²) < 4.78 is 11.3. The summed E-state index contributed by atoms with van der Waals surface area (Å²) in [7, 11) is 1.70. The number of benzene rings is 1. The number of nitrogens with zero attached hydrogens (tertiary/aromatic N) is 1. The predicted molar refractivity (Wildman–Crippen MR) is 85.4 cm³/mol. The first kappa shape index (κ1) is 16.3. The molecular formula is C17H28N2O2. The highest BCUT2D eigenvalue weighted by molar-refractivity contribution is 5.37. The number of methoxy groups -OCH3 is 1. The van der Waals surface area contributed by atoms with Crippen LogP contribution < -0.4 is 10.5 Å². The Morgan fingerprint density at radius 3 is 2.95 bits per heavy atom. The SMILES string of the molecule is CCCOC1CCCN(Cc2ccc(CN)c(OC)c2)C1. The van der Waals surface area contributed by atoms with Crippen LogP contribution in [0.5, 0.6) is 5.75 Å². The molecule has 0 aliphatic carbocycles. The molecule has 0 spiro atoms. The normalized spacial score (nSPS) is 19.7. The Balaban J connectivity index is 1.94. The molecule has 0 saturated carbocycles. The van der Waals surface area contributed by atoms with Gasteiger partial charge in [-0.05, 0) is 37.4 Å². The van der Waals surface area contributed by atoms with Crippen LogP contribution in [0.3, 0.4) is 0 Å². The number of likely N-dealkylation sites (tertiary alicyclic amines) is 1. The summed E-state index contributed by atoms with van der Waals surface area (Å²) in [6.07, 6.45) is 3.89. The maximum atomic E-state index is 5.90. The fourth-order valence-electron chi connectivity index (χ4n) is 2.89. The molecule has 1 unspecified atom stereocenters. The molecule has 21 heavy (non-hydrogen) atoms. The van der Waals surface area contributed by atoms with Crippen molar-refractivity contribution in [3.8, 4) is 5.75 Å². The Hall–Kier alpha value is -1.10. The lowest BCUT2D eigenvalue weighted by Crippen LogP contribution is -2.39. The van der Waals surface area contributed by atoms with Gasteiger partial charge in [-0.1, -0.05) is 19.1 Å². The summed E-state index contributed by atoms with van der Waals surface area (Å²) >= 11 is 0. The van der Waals surface area contributed by atoms with E-state index in [0.717, 1.165) is 44.0 Å². The van der Waals surface area contributed by atoms with E-state index < -0.39 is 0 Å². The molecule has 1 heterocycles. The summed E-state index contributed by atoms with van der Waals surface area (Å²) in [5.41, 5.74) is 8.06. The molecule has 1 aliphatic rings. The minimum Gasteiger partial charge on any atom is -0.496 e. The highest BCUT2D eigenvalue weighted by atomic mass is 16.5. The molecule has 0 bridgehead atoms. The lowest BCUT2D eigenvalue weighted by Gasteiger charge is -2.32. The number of piperidine rings is 1. The molecule has 1 fully saturated rings. The first-order chi connectivity index (χ1) is 10.3. The molecule has 1 saturated heterocycles. The Bertz CT molecular complexity index is 437. The van der Waals surface area contributed by atoms with Crippen LogP contribution in [0.25, 0.3) is 0 Å². The molecule has 0 radical (unpaired) electrons. The third-order valence-electron chi connectivity index (χ3n) is 4.00. The summed E-state index contributed by atoms with van der Waals surface area (Å²) in [4.78, 5) is 2.47.